The highest BCUT2D eigenvalue weighted by molar-refractivity contribution is 6.35. The third-order valence-corrected chi connectivity index (χ3v) is 2.76. The van der Waals surface area contributed by atoms with Gasteiger partial charge in [0.25, 0.3) is 0 Å². The Balaban J connectivity index is 2.71. The number of aryl methyl sites for hydroxylation is 1. The maximum atomic E-state index is 11.2. The van der Waals surface area contributed by atoms with Crippen LogP contribution in [0.3, 0.4) is 0 Å². The number of rotatable bonds is 1. The van der Waals surface area contributed by atoms with Gasteiger partial charge < -0.3 is 4.98 Å². The zero-order valence-electron chi connectivity index (χ0n) is 8.42. The number of halogens is 2. The quantitative estimate of drug-likeness (QED) is 0.851. The van der Waals surface area contributed by atoms with Gasteiger partial charge in [-0.1, -0.05) is 23.2 Å². The van der Waals surface area contributed by atoms with E-state index in [1.165, 1.54) is 6.20 Å². The van der Waals surface area contributed by atoms with Gasteiger partial charge in [-0.05, 0) is 30.7 Å². The molecule has 0 fully saturated rings. The molecule has 0 unspecified atom stereocenters. The smallest absolute Gasteiger partial charge is 0.305 e. The molecular weight excluding hydrogens is 247 g/mol. The molecule has 0 spiro atoms. The van der Waals surface area contributed by atoms with Gasteiger partial charge >= 0.3 is 5.69 Å². The van der Waals surface area contributed by atoms with E-state index in [1.54, 1.807) is 18.2 Å². The minimum atomic E-state index is -0.406. The van der Waals surface area contributed by atoms with E-state index in [0.29, 0.717) is 21.3 Å². The fourth-order valence-electron chi connectivity index (χ4n) is 1.43. The van der Waals surface area contributed by atoms with Gasteiger partial charge in [0.2, 0.25) is 0 Å². The normalized spacial score (nSPS) is 10.4. The highest BCUT2D eigenvalue weighted by atomic mass is 35.5. The van der Waals surface area contributed by atoms with Crippen molar-refractivity contribution in [3.05, 3.63) is 50.5 Å². The maximum Gasteiger partial charge on any atom is 0.345 e. The average molecular weight is 255 g/mol. The first-order valence-corrected chi connectivity index (χ1v) is 5.35. The Morgan fingerprint density at radius 3 is 2.81 bits per heavy atom. The molecule has 2 aromatic rings. The number of nitrogens with zero attached hydrogens (tertiary/aromatic N) is 1. The van der Waals surface area contributed by atoms with Crippen molar-refractivity contribution in [2.24, 2.45) is 0 Å². The first-order valence-electron chi connectivity index (χ1n) is 4.59. The molecule has 0 saturated carbocycles. The van der Waals surface area contributed by atoms with Crippen LogP contribution in [-0.4, -0.2) is 9.97 Å². The molecule has 0 atom stereocenters. The van der Waals surface area contributed by atoms with Crippen LogP contribution in [-0.2, 0) is 0 Å². The van der Waals surface area contributed by atoms with Crippen LogP contribution in [0.5, 0.6) is 0 Å². The summed E-state index contributed by atoms with van der Waals surface area (Å²) in [6.07, 6.45) is 1.51. The molecule has 0 aliphatic heterocycles. The highest BCUT2D eigenvalue weighted by Crippen LogP contribution is 2.30. The summed E-state index contributed by atoms with van der Waals surface area (Å²) in [7, 11) is 0. The summed E-state index contributed by atoms with van der Waals surface area (Å²) in [6, 6.07) is 5.10. The minimum Gasteiger partial charge on any atom is -0.305 e. The number of nitrogens with one attached hydrogen (secondary N) is 1. The van der Waals surface area contributed by atoms with E-state index in [2.05, 4.69) is 9.97 Å². The second kappa shape index (κ2) is 4.28. The summed E-state index contributed by atoms with van der Waals surface area (Å²) >= 11 is 11.9. The van der Waals surface area contributed by atoms with E-state index in [9.17, 15) is 4.79 Å². The number of benzene rings is 1. The fraction of sp³-hybridized carbons (Fsp3) is 0.0909. The predicted molar refractivity (Wildman–Crippen MR) is 65.1 cm³/mol. The highest BCUT2D eigenvalue weighted by Gasteiger charge is 2.08. The third kappa shape index (κ3) is 2.10. The summed E-state index contributed by atoms with van der Waals surface area (Å²) in [5.74, 6) is 0. The van der Waals surface area contributed by atoms with E-state index < -0.39 is 5.69 Å². The van der Waals surface area contributed by atoms with Crippen LogP contribution in [0.1, 0.15) is 5.56 Å². The molecule has 0 aliphatic rings. The van der Waals surface area contributed by atoms with Crippen LogP contribution in [0.2, 0.25) is 10.0 Å². The van der Waals surface area contributed by atoms with Crippen molar-refractivity contribution in [1.29, 1.82) is 0 Å². The molecule has 1 N–H and O–H groups in total. The van der Waals surface area contributed by atoms with E-state index in [0.717, 1.165) is 5.56 Å². The lowest BCUT2D eigenvalue weighted by atomic mass is 10.1. The van der Waals surface area contributed by atoms with E-state index in [4.69, 9.17) is 23.2 Å². The van der Waals surface area contributed by atoms with Crippen molar-refractivity contribution >= 4 is 23.2 Å². The number of aromatic nitrogens is 2. The number of hydrogen-bond donors (Lipinski definition) is 1. The summed E-state index contributed by atoms with van der Waals surface area (Å²) in [5.41, 5.74) is 1.78. The Labute approximate surface area is 102 Å². The minimum absolute atomic E-state index is 0.406. The first kappa shape index (κ1) is 11.2. The monoisotopic (exact) mass is 254 g/mol. The lowest BCUT2D eigenvalue weighted by Crippen LogP contribution is -2.11. The Hall–Kier alpha value is -1.32. The molecule has 5 heteroatoms. The molecule has 0 bridgehead atoms. The van der Waals surface area contributed by atoms with Crippen molar-refractivity contribution in [2.75, 3.05) is 0 Å². The summed E-state index contributed by atoms with van der Waals surface area (Å²) < 4.78 is 0. The van der Waals surface area contributed by atoms with Crippen LogP contribution in [0.15, 0.2) is 29.2 Å². The second-order valence-electron chi connectivity index (χ2n) is 3.37. The Morgan fingerprint density at radius 2 is 2.06 bits per heavy atom. The van der Waals surface area contributed by atoms with E-state index in [-0.39, 0.29) is 0 Å². The van der Waals surface area contributed by atoms with Gasteiger partial charge in [-0.25, -0.2) is 9.78 Å². The standard InChI is InChI=1S/C11H8Cl2N2O/c1-6-5-14-11(16)15-10(6)8-4-7(12)2-3-9(8)13/h2-5H,1H3,(H,14,15,16). The molecule has 0 radical (unpaired) electrons. The Bertz CT molecular complexity index is 593. The largest absolute Gasteiger partial charge is 0.345 e. The van der Waals surface area contributed by atoms with Crippen molar-refractivity contribution in [2.45, 2.75) is 6.92 Å². The zero-order chi connectivity index (χ0) is 11.7. The van der Waals surface area contributed by atoms with Crippen LogP contribution in [0.25, 0.3) is 11.3 Å². The molecular formula is C11H8Cl2N2O. The predicted octanol–water partition coefficient (Wildman–Crippen LogP) is 3.05. The molecule has 1 heterocycles. The third-order valence-electron chi connectivity index (χ3n) is 2.20. The average Bonchev–Trinajstić information content (AvgIpc) is 2.25. The van der Waals surface area contributed by atoms with E-state index >= 15 is 0 Å². The molecule has 3 nitrogen and oxygen atoms in total. The van der Waals surface area contributed by atoms with Crippen molar-refractivity contribution in [3.8, 4) is 11.3 Å². The summed E-state index contributed by atoms with van der Waals surface area (Å²) in [5, 5.41) is 1.10. The SMILES string of the molecule is Cc1cnc(=O)[nH]c1-c1cc(Cl)ccc1Cl. The van der Waals surface area contributed by atoms with Crippen molar-refractivity contribution < 1.29 is 0 Å². The summed E-state index contributed by atoms with van der Waals surface area (Å²) in [4.78, 5) is 17.4. The molecule has 0 amide bonds. The van der Waals surface area contributed by atoms with Crippen molar-refractivity contribution in [3.63, 3.8) is 0 Å². The molecule has 1 aromatic heterocycles. The molecule has 82 valence electrons. The van der Waals surface area contributed by atoms with Gasteiger partial charge in [-0.3, -0.25) is 0 Å². The first-order chi connectivity index (χ1) is 7.58. The van der Waals surface area contributed by atoms with Crippen molar-refractivity contribution in [1.82, 2.24) is 9.97 Å². The second-order valence-corrected chi connectivity index (χ2v) is 4.21. The van der Waals surface area contributed by atoms with Crippen LogP contribution >= 0.6 is 23.2 Å². The van der Waals surface area contributed by atoms with Crippen LogP contribution < -0.4 is 5.69 Å². The number of H-pyrrole nitrogens is 1. The molecule has 0 aliphatic carbocycles. The zero-order valence-corrected chi connectivity index (χ0v) is 9.93. The maximum absolute atomic E-state index is 11.2. The van der Waals surface area contributed by atoms with E-state index in [1.807, 2.05) is 6.92 Å². The summed E-state index contributed by atoms with van der Waals surface area (Å²) in [6.45, 7) is 1.84. The Morgan fingerprint density at radius 1 is 1.31 bits per heavy atom. The lowest BCUT2D eigenvalue weighted by Gasteiger charge is -2.07. The number of hydrogen-bond acceptors (Lipinski definition) is 2. The van der Waals surface area contributed by atoms with Gasteiger partial charge in [0, 0.05) is 21.8 Å². The Kier molecular flexibility index (Phi) is 2.99. The molecule has 1 aromatic carbocycles. The van der Waals surface area contributed by atoms with Crippen LogP contribution in [0, 0.1) is 6.92 Å². The van der Waals surface area contributed by atoms with Crippen LogP contribution in [0.4, 0.5) is 0 Å². The molecule has 2 rings (SSSR count). The van der Waals surface area contributed by atoms with Gasteiger partial charge in [0.15, 0.2) is 0 Å². The topological polar surface area (TPSA) is 45.8 Å². The van der Waals surface area contributed by atoms with Gasteiger partial charge in [-0.15, -0.1) is 0 Å². The van der Waals surface area contributed by atoms with Gasteiger partial charge in [0.05, 0.1) is 5.69 Å². The number of aromatic amines is 1. The molecule has 0 saturated heterocycles. The fourth-order valence-corrected chi connectivity index (χ4v) is 1.81. The van der Waals surface area contributed by atoms with Gasteiger partial charge in [-0.2, -0.15) is 0 Å². The molecule has 16 heavy (non-hydrogen) atoms. The van der Waals surface area contributed by atoms with Gasteiger partial charge in [0.1, 0.15) is 0 Å². The lowest BCUT2D eigenvalue weighted by molar-refractivity contribution is 1.06.